The van der Waals surface area contributed by atoms with Gasteiger partial charge < -0.3 is 5.32 Å². The van der Waals surface area contributed by atoms with Crippen LogP contribution in [0.15, 0.2) is 24.3 Å². The molecule has 1 N–H and O–H groups in total. The Bertz CT molecular complexity index is 303. The lowest BCUT2D eigenvalue weighted by Gasteiger charge is -2.05. The molecule has 0 aromatic heterocycles. The molecule has 13 heavy (non-hydrogen) atoms. The van der Waals surface area contributed by atoms with E-state index in [-0.39, 0.29) is 5.91 Å². The third kappa shape index (κ3) is 3.56. The molecule has 1 aromatic rings. The van der Waals surface area contributed by atoms with Crippen LogP contribution in [-0.2, 0) is 4.79 Å². The summed E-state index contributed by atoms with van der Waals surface area (Å²) < 4.78 is 1.06. The number of thioether (sulfide) groups is 1. The molecule has 0 fully saturated rings. The summed E-state index contributed by atoms with van der Waals surface area (Å²) in [4.78, 5) is 11.2. The molecule has 0 aliphatic heterocycles. The maximum Gasteiger partial charge on any atom is 0.234 e. The monoisotopic (exact) mass is 307 g/mol. The minimum atomic E-state index is 0.0524. The summed E-state index contributed by atoms with van der Waals surface area (Å²) >= 11 is 3.72. The fourth-order valence-electron chi connectivity index (χ4n) is 0.880. The Labute approximate surface area is 95.6 Å². The Morgan fingerprint density at radius 2 is 2.23 bits per heavy atom. The Morgan fingerprint density at radius 1 is 1.54 bits per heavy atom. The number of rotatable bonds is 3. The van der Waals surface area contributed by atoms with Crippen LogP contribution < -0.4 is 5.32 Å². The number of para-hydroxylation sites is 1. The zero-order chi connectivity index (χ0) is 9.68. The fraction of sp³-hybridized carbons (Fsp3) is 0.222. The Kier molecular flexibility index (Phi) is 4.58. The van der Waals surface area contributed by atoms with Gasteiger partial charge in [0.25, 0.3) is 0 Å². The highest BCUT2D eigenvalue weighted by atomic mass is 127. The van der Waals surface area contributed by atoms with Crippen LogP contribution >= 0.6 is 34.4 Å². The first-order chi connectivity index (χ1) is 6.24. The van der Waals surface area contributed by atoms with Gasteiger partial charge in [0.05, 0.1) is 11.4 Å². The molecule has 0 saturated carbocycles. The van der Waals surface area contributed by atoms with Gasteiger partial charge in [0, 0.05) is 3.57 Å². The maximum absolute atomic E-state index is 11.2. The zero-order valence-corrected chi connectivity index (χ0v) is 10.2. The quantitative estimate of drug-likeness (QED) is 0.870. The lowest BCUT2D eigenvalue weighted by Crippen LogP contribution is -2.14. The van der Waals surface area contributed by atoms with Crippen molar-refractivity contribution in [1.29, 1.82) is 0 Å². The van der Waals surface area contributed by atoms with Crippen LogP contribution in [0.3, 0.4) is 0 Å². The highest BCUT2D eigenvalue weighted by Gasteiger charge is 2.02. The molecule has 0 aliphatic rings. The number of carbonyl (C=O) groups excluding carboxylic acids is 1. The number of anilines is 1. The van der Waals surface area contributed by atoms with Crippen molar-refractivity contribution in [3.8, 4) is 0 Å². The molecule has 4 heteroatoms. The molecule has 0 aliphatic carbocycles. The van der Waals surface area contributed by atoms with E-state index in [1.54, 1.807) is 0 Å². The first-order valence-electron chi connectivity index (χ1n) is 3.77. The smallest absolute Gasteiger partial charge is 0.234 e. The number of hydrogen-bond acceptors (Lipinski definition) is 2. The Balaban J connectivity index is 2.63. The van der Waals surface area contributed by atoms with Crippen molar-refractivity contribution in [2.24, 2.45) is 0 Å². The van der Waals surface area contributed by atoms with Crippen LogP contribution in [0.2, 0.25) is 0 Å². The van der Waals surface area contributed by atoms with Gasteiger partial charge in [-0.25, -0.2) is 0 Å². The van der Waals surface area contributed by atoms with Crippen molar-refractivity contribution in [3.05, 3.63) is 27.8 Å². The van der Waals surface area contributed by atoms with Gasteiger partial charge in [-0.1, -0.05) is 12.1 Å². The number of halogens is 1. The Morgan fingerprint density at radius 3 is 2.85 bits per heavy atom. The van der Waals surface area contributed by atoms with Crippen LogP contribution in [0, 0.1) is 3.57 Å². The van der Waals surface area contributed by atoms with Crippen molar-refractivity contribution in [3.63, 3.8) is 0 Å². The van der Waals surface area contributed by atoms with Crippen LogP contribution in [-0.4, -0.2) is 17.9 Å². The molecular weight excluding hydrogens is 297 g/mol. The maximum atomic E-state index is 11.2. The lowest BCUT2D eigenvalue weighted by atomic mass is 10.3. The Hall–Kier alpha value is -0.230. The summed E-state index contributed by atoms with van der Waals surface area (Å²) in [6.07, 6.45) is 1.91. The highest BCUT2D eigenvalue weighted by Crippen LogP contribution is 2.16. The molecule has 0 unspecified atom stereocenters. The molecule has 0 spiro atoms. The number of carbonyl (C=O) groups is 1. The van der Waals surface area contributed by atoms with Gasteiger partial charge in [0.2, 0.25) is 5.91 Å². The minimum absolute atomic E-state index is 0.0524. The number of benzene rings is 1. The predicted molar refractivity (Wildman–Crippen MR) is 66.2 cm³/mol. The van der Waals surface area contributed by atoms with Gasteiger partial charge in [-0.3, -0.25) is 4.79 Å². The summed E-state index contributed by atoms with van der Waals surface area (Å²) in [5.74, 6) is 0.557. The predicted octanol–water partition coefficient (Wildman–Crippen LogP) is 2.59. The van der Waals surface area contributed by atoms with Gasteiger partial charge >= 0.3 is 0 Å². The summed E-state index contributed by atoms with van der Waals surface area (Å²) in [6.45, 7) is 0. The van der Waals surface area contributed by atoms with Crippen LogP contribution in [0.4, 0.5) is 5.69 Å². The van der Waals surface area contributed by atoms with Crippen LogP contribution in [0.5, 0.6) is 0 Å². The molecular formula is C9H10INOS. The third-order valence-corrected chi connectivity index (χ3v) is 2.91. The summed E-state index contributed by atoms with van der Waals surface area (Å²) in [5, 5.41) is 2.84. The standard InChI is InChI=1S/C9H10INOS/c1-13-6-9(12)11-8-5-3-2-4-7(8)10/h2-5H,6H2,1H3,(H,11,12). The molecule has 0 atom stereocenters. The third-order valence-electron chi connectivity index (χ3n) is 1.42. The topological polar surface area (TPSA) is 29.1 Å². The molecule has 70 valence electrons. The average Bonchev–Trinajstić information content (AvgIpc) is 2.09. The van der Waals surface area contributed by atoms with E-state index in [0.717, 1.165) is 9.26 Å². The first kappa shape index (κ1) is 10.8. The molecule has 1 amide bonds. The second-order valence-electron chi connectivity index (χ2n) is 2.46. The van der Waals surface area contributed by atoms with Crippen LogP contribution in [0.25, 0.3) is 0 Å². The first-order valence-corrected chi connectivity index (χ1v) is 6.24. The number of amides is 1. The van der Waals surface area contributed by atoms with E-state index in [2.05, 4.69) is 27.9 Å². The molecule has 2 nitrogen and oxygen atoms in total. The van der Waals surface area contributed by atoms with Crippen molar-refractivity contribution in [1.82, 2.24) is 0 Å². The van der Waals surface area contributed by atoms with E-state index in [4.69, 9.17) is 0 Å². The zero-order valence-electron chi connectivity index (χ0n) is 7.21. The summed E-state index contributed by atoms with van der Waals surface area (Å²) in [7, 11) is 0. The van der Waals surface area contributed by atoms with E-state index < -0.39 is 0 Å². The molecule has 0 bridgehead atoms. The normalized spacial score (nSPS) is 9.69. The van der Waals surface area contributed by atoms with Gasteiger partial charge in [-0.15, -0.1) is 0 Å². The summed E-state index contributed by atoms with van der Waals surface area (Å²) in [5.41, 5.74) is 0.891. The summed E-state index contributed by atoms with van der Waals surface area (Å²) in [6, 6.07) is 7.73. The number of nitrogens with one attached hydrogen (secondary N) is 1. The van der Waals surface area contributed by atoms with Crippen LogP contribution in [0.1, 0.15) is 0 Å². The van der Waals surface area contributed by atoms with E-state index in [9.17, 15) is 4.79 Å². The van der Waals surface area contributed by atoms with E-state index in [1.807, 2.05) is 30.5 Å². The largest absolute Gasteiger partial charge is 0.324 e. The van der Waals surface area contributed by atoms with Gasteiger partial charge in [-0.2, -0.15) is 11.8 Å². The van der Waals surface area contributed by atoms with E-state index in [1.165, 1.54) is 11.8 Å². The second kappa shape index (κ2) is 5.49. The molecule has 1 rings (SSSR count). The minimum Gasteiger partial charge on any atom is -0.324 e. The fourth-order valence-corrected chi connectivity index (χ4v) is 1.74. The molecule has 0 saturated heterocycles. The van der Waals surface area contributed by atoms with Crippen molar-refractivity contribution < 1.29 is 4.79 Å². The average molecular weight is 307 g/mol. The number of hydrogen-bond donors (Lipinski definition) is 1. The molecule has 0 heterocycles. The second-order valence-corrected chi connectivity index (χ2v) is 4.49. The molecule has 0 radical (unpaired) electrons. The van der Waals surface area contributed by atoms with Gasteiger partial charge in [0.15, 0.2) is 0 Å². The molecule has 1 aromatic carbocycles. The van der Waals surface area contributed by atoms with Crippen molar-refractivity contribution >= 4 is 45.9 Å². The van der Waals surface area contributed by atoms with E-state index >= 15 is 0 Å². The SMILES string of the molecule is CSCC(=O)Nc1ccccc1I. The van der Waals surface area contributed by atoms with Gasteiger partial charge in [0.1, 0.15) is 0 Å². The van der Waals surface area contributed by atoms with Crippen molar-refractivity contribution in [2.75, 3.05) is 17.3 Å². The van der Waals surface area contributed by atoms with E-state index in [0.29, 0.717) is 5.75 Å². The van der Waals surface area contributed by atoms with Crippen molar-refractivity contribution in [2.45, 2.75) is 0 Å². The van der Waals surface area contributed by atoms with Gasteiger partial charge in [-0.05, 0) is 41.0 Å². The lowest BCUT2D eigenvalue weighted by molar-refractivity contribution is -0.113. The highest BCUT2D eigenvalue weighted by molar-refractivity contribution is 14.1.